The summed E-state index contributed by atoms with van der Waals surface area (Å²) in [7, 11) is -3.47. The third kappa shape index (κ3) is 3.02. The van der Waals surface area contributed by atoms with Crippen LogP contribution in [0.2, 0.25) is 0 Å². The number of rotatable bonds is 3. The number of nitrogens with zero attached hydrogens (tertiary/aromatic N) is 1. The number of carbonyl (C=O) groups excluding carboxylic acids is 1. The molecule has 2 aromatic rings. The number of hydrogen-bond acceptors (Lipinski definition) is 5. The number of benzene rings is 1. The average molecular weight is 314 g/mol. The van der Waals surface area contributed by atoms with Gasteiger partial charge in [0.25, 0.3) is 5.91 Å². The van der Waals surface area contributed by atoms with Gasteiger partial charge < -0.3 is 5.32 Å². The molecule has 0 bridgehead atoms. The van der Waals surface area contributed by atoms with Crippen molar-refractivity contribution >= 4 is 32.8 Å². The van der Waals surface area contributed by atoms with Crippen LogP contribution in [-0.4, -0.2) is 25.6 Å². The first-order valence-corrected chi connectivity index (χ1v) is 8.27. The SMILES string of the molecule is Cc1ncsc1C(=O)Nc1cc(S(C)(=O)=O)ccc1F. The second kappa shape index (κ2) is 5.29. The fraction of sp³-hybridized carbons (Fsp3) is 0.167. The first-order valence-electron chi connectivity index (χ1n) is 5.50. The molecule has 1 N–H and O–H groups in total. The van der Waals surface area contributed by atoms with Gasteiger partial charge in [0.05, 0.1) is 21.8 Å². The minimum Gasteiger partial charge on any atom is -0.319 e. The molecular formula is C12H11FN2O3S2. The van der Waals surface area contributed by atoms with E-state index in [2.05, 4.69) is 10.3 Å². The van der Waals surface area contributed by atoms with Gasteiger partial charge in [0.2, 0.25) is 0 Å². The quantitative estimate of drug-likeness (QED) is 0.882. The molecule has 0 aliphatic heterocycles. The molecule has 106 valence electrons. The Hall–Kier alpha value is -1.80. The topological polar surface area (TPSA) is 76.1 Å². The molecule has 0 saturated heterocycles. The molecule has 0 unspecified atom stereocenters. The van der Waals surface area contributed by atoms with E-state index in [4.69, 9.17) is 0 Å². The molecule has 0 atom stereocenters. The lowest BCUT2D eigenvalue weighted by Crippen LogP contribution is -2.13. The summed E-state index contributed by atoms with van der Waals surface area (Å²) < 4.78 is 36.5. The monoisotopic (exact) mass is 314 g/mol. The summed E-state index contributed by atoms with van der Waals surface area (Å²) in [6, 6.07) is 3.25. The molecular weight excluding hydrogens is 303 g/mol. The van der Waals surface area contributed by atoms with Crippen molar-refractivity contribution in [2.75, 3.05) is 11.6 Å². The lowest BCUT2D eigenvalue weighted by molar-refractivity contribution is 0.102. The van der Waals surface area contributed by atoms with E-state index in [1.807, 2.05) is 0 Å². The summed E-state index contributed by atoms with van der Waals surface area (Å²) in [5.41, 5.74) is 1.87. The highest BCUT2D eigenvalue weighted by Gasteiger charge is 2.16. The van der Waals surface area contributed by atoms with Gasteiger partial charge in [-0.3, -0.25) is 4.79 Å². The Morgan fingerprint density at radius 2 is 2.10 bits per heavy atom. The Balaban J connectivity index is 2.34. The third-order valence-corrected chi connectivity index (χ3v) is 4.60. The van der Waals surface area contributed by atoms with Crippen LogP contribution in [0.4, 0.5) is 10.1 Å². The third-order valence-electron chi connectivity index (χ3n) is 2.57. The Morgan fingerprint density at radius 3 is 2.65 bits per heavy atom. The maximum absolute atomic E-state index is 13.6. The molecule has 0 radical (unpaired) electrons. The van der Waals surface area contributed by atoms with E-state index in [0.29, 0.717) is 10.6 Å². The van der Waals surface area contributed by atoms with E-state index >= 15 is 0 Å². The minimum absolute atomic E-state index is 0.0600. The highest BCUT2D eigenvalue weighted by atomic mass is 32.2. The zero-order chi connectivity index (χ0) is 14.9. The van der Waals surface area contributed by atoms with Crippen LogP contribution in [0, 0.1) is 12.7 Å². The number of amides is 1. The Bertz CT molecular complexity index is 769. The molecule has 0 fully saturated rings. The van der Waals surface area contributed by atoms with Crippen LogP contribution in [-0.2, 0) is 9.84 Å². The van der Waals surface area contributed by atoms with Crippen molar-refractivity contribution in [3.8, 4) is 0 Å². The zero-order valence-corrected chi connectivity index (χ0v) is 12.3. The molecule has 0 aliphatic carbocycles. The lowest BCUT2D eigenvalue weighted by Gasteiger charge is -2.07. The predicted octanol–water partition coefficient (Wildman–Crippen LogP) is 2.25. The molecule has 0 saturated carbocycles. The van der Waals surface area contributed by atoms with Crippen LogP contribution < -0.4 is 5.32 Å². The van der Waals surface area contributed by atoms with Crippen LogP contribution in [0.5, 0.6) is 0 Å². The van der Waals surface area contributed by atoms with E-state index in [1.165, 1.54) is 5.51 Å². The second-order valence-electron chi connectivity index (χ2n) is 4.13. The molecule has 5 nitrogen and oxygen atoms in total. The molecule has 1 heterocycles. The van der Waals surface area contributed by atoms with Crippen molar-refractivity contribution < 1.29 is 17.6 Å². The number of aryl methyl sites for hydroxylation is 1. The van der Waals surface area contributed by atoms with Gasteiger partial charge in [0.1, 0.15) is 10.7 Å². The molecule has 2 rings (SSSR count). The van der Waals surface area contributed by atoms with Crippen molar-refractivity contribution in [2.24, 2.45) is 0 Å². The van der Waals surface area contributed by atoms with Crippen molar-refractivity contribution in [1.29, 1.82) is 0 Å². The summed E-state index contributed by atoms with van der Waals surface area (Å²) in [6.45, 7) is 1.66. The van der Waals surface area contributed by atoms with Gasteiger partial charge in [0, 0.05) is 6.26 Å². The summed E-state index contributed by atoms with van der Waals surface area (Å²) in [4.78, 5) is 16.2. The molecule has 0 spiro atoms. The van der Waals surface area contributed by atoms with E-state index in [0.717, 1.165) is 35.8 Å². The number of hydrogen-bond donors (Lipinski definition) is 1. The van der Waals surface area contributed by atoms with Gasteiger partial charge in [-0.1, -0.05) is 0 Å². The first-order chi connectivity index (χ1) is 9.29. The maximum atomic E-state index is 13.6. The largest absolute Gasteiger partial charge is 0.319 e. The van der Waals surface area contributed by atoms with E-state index in [9.17, 15) is 17.6 Å². The van der Waals surface area contributed by atoms with Gasteiger partial charge in [-0.15, -0.1) is 11.3 Å². The first kappa shape index (κ1) is 14.6. The van der Waals surface area contributed by atoms with Gasteiger partial charge in [-0.25, -0.2) is 17.8 Å². The second-order valence-corrected chi connectivity index (χ2v) is 7.01. The van der Waals surface area contributed by atoms with E-state index in [1.54, 1.807) is 6.92 Å². The van der Waals surface area contributed by atoms with Gasteiger partial charge in [-0.05, 0) is 25.1 Å². The van der Waals surface area contributed by atoms with Crippen LogP contribution >= 0.6 is 11.3 Å². The highest BCUT2D eigenvalue weighted by molar-refractivity contribution is 7.90. The van der Waals surface area contributed by atoms with Gasteiger partial charge in [-0.2, -0.15) is 0 Å². The number of thiazole rings is 1. The Morgan fingerprint density at radius 1 is 1.40 bits per heavy atom. The molecule has 1 aromatic carbocycles. The summed E-state index contributed by atoms with van der Waals surface area (Å²) in [5.74, 6) is -1.22. The Kier molecular flexibility index (Phi) is 3.87. The van der Waals surface area contributed by atoms with Gasteiger partial charge >= 0.3 is 0 Å². The predicted molar refractivity (Wildman–Crippen MR) is 74.3 cm³/mol. The number of sulfone groups is 1. The van der Waals surface area contributed by atoms with Crippen LogP contribution in [0.3, 0.4) is 0 Å². The Labute approximate surface area is 119 Å². The fourth-order valence-corrected chi connectivity index (χ4v) is 2.87. The molecule has 20 heavy (non-hydrogen) atoms. The number of nitrogens with one attached hydrogen (secondary N) is 1. The van der Waals surface area contributed by atoms with E-state index < -0.39 is 21.6 Å². The minimum atomic E-state index is -3.47. The van der Waals surface area contributed by atoms with Crippen LogP contribution in [0.1, 0.15) is 15.4 Å². The van der Waals surface area contributed by atoms with Crippen LogP contribution in [0.15, 0.2) is 28.6 Å². The summed E-state index contributed by atoms with van der Waals surface area (Å²) in [6.07, 6.45) is 1.01. The molecule has 0 aliphatic rings. The number of aromatic nitrogens is 1. The lowest BCUT2D eigenvalue weighted by atomic mass is 10.3. The highest BCUT2D eigenvalue weighted by Crippen LogP contribution is 2.21. The molecule has 8 heteroatoms. The fourth-order valence-electron chi connectivity index (χ4n) is 1.53. The number of anilines is 1. The number of halogens is 1. The standard InChI is InChI=1S/C12H11FN2O3S2/c1-7-11(19-6-14-7)12(16)15-10-5-8(20(2,17)18)3-4-9(10)13/h3-6H,1-2H3,(H,15,16). The number of carbonyl (C=O) groups is 1. The van der Waals surface area contributed by atoms with Crippen molar-refractivity contribution in [3.63, 3.8) is 0 Å². The van der Waals surface area contributed by atoms with Crippen LogP contribution in [0.25, 0.3) is 0 Å². The zero-order valence-electron chi connectivity index (χ0n) is 10.7. The molecule has 1 aromatic heterocycles. The normalized spacial score (nSPS) is 11.3. The van der Waals surface area contributed by atoms with E-state index in [-0.39, 0.29) is 10.6 Å². The maximum Gasteiger partial charge on any atom is 0.267 e. The van der Waals surface area contributed by atoms with Crippen molar-refractivity contribution in [1.82, 2.24) is 4.98 Å². The summed E-state index contributed by atoms with van der Waals surface area (Å²) in [5, 5.41) is 2.36. The van der Waals surface area contributed by atoms with Crippen molar-refractivity contribution in [3.05, 3.63) is 40.1 Å². The summed E-state index contributed by atoms with van der Waals surface area (Å²) >= 11 is 1.13. The molecule has 1 amide bonds. The average Bonchev–Trinajstić information content (AvgIpc) is 2.77. The van der Waals surface area contributed by atoms with Crippen molar-refractivity contribution in [2.45, 2.75) is 11.8 Å². The smallest absolute Gasteiger partial charge is 0.267 e. The van der Waals surface area contributed by atoms with Gasteiger partial charge in [0.15, 0.2) is 9.84 Å².